The third-order valence-electron chi connectivity index (χ3n) is 8.36. The van der Waals surface area contributed by atoms with Crippen LogP contribution in [0, 0.1) is 6.92 Å². The van der Waals surface area contributed by atoms with Gasteiger partial charge in [0, 0.05) is 6.42 Å². The zero-order valence-corrected chi connectivity index (χ0v) is 35.0. The highest BCUT2D eigenvalue weighted by molar-refractivity contribution is 7.86. The van der Waals surface area contributed by atoms with Crippen LogP contribution in [0.5, 0.6) is 0 Å². The van der Waals surface area contributed by atoms with Crippen molar-refractivity contribution in [1.82, 2.24) is 0 Å². The van der Waals surface area contributed by atoms with Crippen LogP contribution in [0.2, 0.25) is 0 Å². The van der Waals surface area contributed by atoms with E-state index < -0.39 is 10.1 Å². The molecule has 0 N–H and O–H groups in total. The van der Waals surface area contributed by atoms with E-state index in [1.165, 1.54) is 82.8 Å². The molecule has 0 fully saturated rings. The largest absolute Gasteiger partial charge is 0.463 e. The number of hydrogen-bond acceptors (Lipinski definition) is 13. The Balaban J connectivity index is 1.68. The van der Waals surface area contributed by atoms with Gasteiger partial charge < -0.3 is 42.6 Å². The summed E-state index contributed by atoms with van der Waals surface area (Å²) in [5, 5.41) is 0. The summed E-state index contributed by atoms with van der Waals surface area (Å²) in [7, 11) is -3.78. The fraction of sp³-hybridized carbons (Fsp3) is 0.829. The summed E-state index contributed by atoms with van der Waals surface area (Å²) in [5.41, 5.74) is 0.974. The number of esters is 1. The number of carbonyl (C=O) groups is 1. The molecule has 0 saturated heterocycles. The van der Waals surface area contributed by atoms with Gasteiger partial charge in [-0.3, -0.25) is 8.98 Å². The summed E-state index contributed by atoms with van der Waals surface area (Å²) in [4.78, 5) is 12.0. The van der Waals surface area contributed by atoms with Crippen LogP contribution in [0.1, 0.15) is 102 Å². The molecule has 13 nitrogen and oxygen atoms in total. The second-order valence-corrected chi connectivity index (χ2v) is 14.8. The first-order valence-corrected chi connectivity index (χ1v) is 22.1. The van der Waals surface area contributed by atoms with Gasteiger partial charge in [-0.1, -0.05) is 102 Å². The van der Waals surface area contributed by atoms with E-state index in [0.717, 1.165) is 18.4 Å². The fourth-order valence-electron chi connectivity index (χ4n) is 5.19. The van der Waals surface area contributed by atoms with Crippen LogP contribution in [0.4, 0.5) is 0 Å². The van der Waals surface area contributed by atoms with Gasteiger partial charge in [0.2, 0.25) is 0 Å². The number of rotatable bonds is 43. The molecule has 14 heteroatoms. The molecule has 0 heterocycles. The molecule has 1 rings (SSSR count). The normalized spacial score (nSPS) is 11.7. The van der Waals surface area contributed by atoms with Gasteiger partial charge in [-0.15, -0.1) is 0 Å². The first-order valence-electron chi connectivity index (χ1n) is 20.7. The van der Waals surface area contributed by atoms with Gasteiger partial charge >= 0.3 is 5.97 Å². The first kappa shape index (κ1) is 51.3. The standard InChI is InChI=1S/C41H74O13S/c1-3-4-5-6-7-8-9-10-11-12-13-14-15-16-41(42)53-37-35-51-33-31-49-29-27-47-25-23-45-21-22-46-24-26-48-28-30-50-32-34-52-36-38-54-55(43,44)40-19-17-39(2)18-20-40/h17-20H,3-16,21-38H2,1-2H3. The Kier molecular flexibility index (Phi) is 36.5. The van der Waals surface area contributed by atoms with Crippen molar-refractivity contribution < 1.29 is 60.0 Å². The molecule has 322 valence electrons. The lowest BCUT2D eigenvalue weighted by atomic mass is 10.0. The second kappa shape index (κ2) is 39.1. The van der Waals surface area contributed by atoms with Crippen LogP contribution in [0.3, 0.4) is 0 Å². The monoisotopic (exact) mass is 806 g/mol. The zero-order valence-electron chi connectivity index (χ0n) is 34.2. The van der Waals surface area contributed by atoms with Gasteiger partial charge in [0.05, 0.1) is 117 Å². The van der Waals surface area contributed by atoms with Crippen LogP contribution < -0.4 is 0 Å². The Morgan fingerprint density at radius 3 is 1.11 bits per heavy atom. The molecule has 0 aliphatic carbocycles. The van der Waals surface area contributed by atoms with Crippen LogP contribution in [0.25, 0.3) is 0 Å². The second-order valence-electron chi connectivity index (χ2n) is 13.2. The van der Waals surface area contributed by atoms with E-state index in [4.69, 9.17) is 46.8 Å². The molecule has 0 radical (unpaired) electrons. The molecular weight excluding hydrogens is 733 g/mol. The summed E-state index contributed by atoms with van der Waals surface area (Å²) < 4.78 is 78.1. The van der Waals surface area contributed by atoms with Crippen molar-refractivity contribution in [1.29, 1.82) is 0 Å². The van der Waals surface area contributed by atoms with Crippen molar-refractivity contribution in [3.8, 4) is 0 Å². The molecule has 0 bridgehead atoms. The van der Waals surface area contributed by atoms with Gasteiger partial charge in [0.1, 0.15) is 6.61 Å². The van der Waals surface area contributed by atoms with Gasteiger partial charge in [-0.25, -0.2) is 0 Å². The smallest absolute Gasteiger partial charge is 0.305 e. The van der Waals surface area contributed by atoms with Gasteiger partial charge in [0.15, 0.2) is 0 Å². The minimum Gasteiger partial charge on any atom is -0.463 e. The van der Waals surface area contributed by atoms with Gasteiger partial charge in [-0.2, -0.15) is 8.42 Å². The Bertz CT molecular complexity index is 1070. The molecule has 0 spiro atoms. The average Bonchev–Trinajstić information content (AvgIpc) is 3.17. The lowest BCUT2D eigenvalue weighted by molar-refractivity contribution is -0.145. The number of ether oxygens (including phenoxy) is 9. The highest BCUT2D eigenvalue weighted by atomic mass is 32.2. The molecule has 0 unspecified atom stereocenters. The van der Waals surface area contributed by atoms with Crippen molar-refractivity contribution >= 4 is 16.1 Å². The van der Waals surface area contributed by atoms with E-state index in [1.54, 1.807) is 12.1 Å². The SMILES string of the molecule is CCCCCCCCCCCCCCCC(=O)OCCOCCOCCOCCOCCOCCOCCOCCOCCOS(=O)(=O)c1ccc(C)cc1. The van der Waals surface area contributed by atoms with Crippen molar-refractivity contribution in [2.45, 2.75) is 109 Å². The molecule has 1 aromatic carbocycles. The summed E-state index contributed by atoms with van der Waals surface area (Å²) in [6.45, 7) is 11.1. The van der Waals surface area contributed by atoms with Crippen LogP contribution in [0.15, 0.2) is 29.2 Å². The number of unbranched alkanes of at least 4 members (excludes halogenated alkanes) is 12. The number of carbonyl (C=O) groups excluding carboxylic acids is 1. The highest BCUT2D eigenvalue weighted by Crippen LogP contribution is 2.14. The van der Waals surface area contributed by atoms with Crippen molar-refractivity contribution in [2.24, 2.45) is 0 Å². The quantitative estimate of drug-likeness (QED) is 0.0386. The summed E-state index contributed by atoms with van der Waals surface area (Å²) >= 11 is 0. The van der Waals surface area contributed by atoms with E-state index in [9.17, 15) is 13.2 Å². The van der Waals surface area contributed by atoms with Crippen LogP contribution in [-0.4, -0.2) is 133 Å². The Labute approximate surface area is 332 Å². The molecule has 1 aromatic rings. The Hall–Kier alpha value is -1.72. The minimum absolute atomic E-state index is 0.0613. The van der Waals surface area contributed by atoms with E-state index in [-0.39, 0.29) is 30.7 Å². The molecule has 0 atom stereocenters. The highest BCUT2D eigenvalue weighted by Gasteiger charge is 2.14. The zero-order chi connectivity index (χ0) is 39.8. The molecule has 0 saturated carbocycles. The number of aryl methyl sites for hydroxylation is 1. The number of hydrogen-bond donors (Lipinski definition) is 0. The maximum Gasteiger partial charge on any atom is 0.305 e. The third kappa shape index (κ3) is 35.2. The summed E-state index contributed by atoms with van der Waals surface area (Å²) in [5.74, 6) is -0.140. The third-order valence-corrected chi connectivity index (χ3v) is 9.68. The average molecular weight is 807 g/mol. The number of benzene rings is 1. The van der Waals surface area contributed by atoms with Crippen molar-refractivity contribution in [2.75, 3.05) is 119 Å². The van der Waals surface area contributed by atoms with Crippen LogP contribution in [-0.2, 0) is 61.7 Å². The topological polar surface area (TPSA) is 144 Å². The van der Waals surface area contributed by atoms with E-state index in [1.807, 2.05) is 6.92 Å². The fourth-order valence-corrected chi connectivity index (χ4v) is 6.08. The van der Waals surface area contributed by atoms with E-state index in [0.29, 0.717) is 106 Å². The molecular formula is C41H74O13S. The molecule has 55 heavy (non-hydrogen) atoms. The molecule has 0 amide bonds. The van der Waals surface area contributed by atoms with Crippen molar-refractivity contribution in [3.63, 3.8) is 0 Å². The lowest BCUT2D eigenvalue weighted by Gasteiger charge is -2.09. The minimum atomic E-state index is -3.78. The van der Waals surface area contributed by atoms with Crippen LogP contribution >= 0.6 is 0 Å². The van der Waals surface area contributed by atoms with Gasteiger partial charge in [-0.05, 0) is 25.5 Å². The maximum atomic E-state index is 12.1. The first-order chi connectivity index (χ1) is 27.0. The summed E-state index contributed by atoms with van der Waals surface area (Å²) in [6.07, 6.45) is 17.2. The Morgan fingerprint density at radius 1 is 0.436 bits per heavy atom. The molecule has 0 aliphatic rings. The molecule has 0 aromatic heterocycles. The Morgan fingerprint density at radius 2 is 0.745 bits per heavy atom. The molecule has 0 aliphatic heterocycles. The van der Waals surface area contributed by atoms with E-state index >= 15 is 0 Å². The predicted octanol–water partition coefficient (Wildman–Crippen LogP) is 6.86. The predicted molar refractivity (Wildman–Crippen MR) is 212 cm³/mol. The van der Waals surface area contributed by atoms with E-state index in [2.05, 4.69) is 6.92 Å². The van der Waals surface area contributed by atoms with Gasteiger partial charge in [0.25, 0.3) is 10.1 Å². The lowest BCUT2D eigenvalue weighted by Crippen LogP contribution is -2.16. The van der Waals surface area contributed by atoms with Crippen molar-refractivity contribution in [3.05, 3.63) is 29.8 Å². The summed E-state index contributed by atoms with van der Waals surface area (Å²) in [6, 6.07) is 6.48. The maximum absolute atomic E-state index is 12.1.